The Kier molecular flexibility index (Phi) is 6.15. The molecule has 1 N–H and O–H groups in total. The lowest BCUT2D eigenvalue weighted by Gasteiger charge is -2.20. The zero-order chi connectivity index (χ0) is 13.4. The first-order valence-electron chi connectivity index (χ1n) is 6.23. The molecule has 0 aliphatic rings. The molecular weight excluding hydrogens is 226 g/mol. The third kappa shape index (κ3) is 4.34. The van der Waals surface area contributed by atoms with Crippen LogP contribution in [-0.2, 0) is 11.2 Å². The van der Waals surface area contributed by atoms with Gasteiger partial charge in [-0.15, -0.1) is 6.58 Å². The summed E-state index contributed by atoms with van der Waals surface area (Å²) in [6.45, 7) is 6.53. The maximum absolute atomic E-state index is 12.0. The zero-order valence-corrected chi connectivity index (χ0v) is 10.9. The largest absolute Gasteiger partial charge is 0.395 e. The number of hydrogen-bond donors (Lipinski definition) is 1. The molecule has 18 heavy (non-hydrogen) atoms. The zero-order valence-electron chi connectivity index (χ0n) is 10.9. The molecule has 98 valence electrons. The quantitative estimate of drug-likeness (QED) is 0.748. The number of hydrogen-bond acceptors (Lipinski definition) is 2. The Morgan fingerprint density at radius 3 is 2.78 bits per heavy atom. The van der Waals surface area contributed by atoms with Gasteiger partial charge in [-0.1, -0.05) is 30.3 Å². The molecule has 0 fully saturated rings. The van der Waals surface area contributed by atoms with Gasteiger partial charge in [0.15, 0.2) is 0 Å². The Balaban J connectivity index is 2.53. The molecule has 1 amide bonds. The molecule has 0 spiro atoms. The van der Waals surface area contributed by atoms with Gasteiger partial charge in [-0.2, -0.15) is 0 Å². The first kappa shape index (κ1) is 14.5. The standard InChI is InChI=1S/C15H21NO2/c1-3-10-16(11-12-17)15(18)9-8-14-7-5-4-6-13(14)2/h3-7,17H,1,8-12H2,2H3. The van der Waals surface area contributed by atoms with E-state index in [0.29, 0.717) is 19.5 Å². The van der Waals surface area contributed by atoms with Gasteiger partial charge in [0.1, 0.15) is 0 Å². The van der Waals surface area contributed by atoms with Crippen LogP contribution in [0.5, 0.6) is 0 Å². The van der Waals surface area contributed by atoms with Gasteiger partial charge in [0.05, 0.1) is 6.61 Å². The molecule has 1 aromatic carbocycles. The second kappa shape index (κ2) is 7.67. The summed E-state index contributed by atoms with van der Waals surface area (Å²) in [6, 6.07) is 8.08. The lowest BCUT2D eigenvalue weighted by molar-refractivity contribution is -0.131. The lowest BCUT2D eigenvalue weighted by atomic mass is 10.0. The van der Waals surface area contributed by atoms with Crippen molar-refractivity contribution in [3.8, 4) is 0 Å². The van der Waals surface area contributed by atoms with Crippen LogP contribution < -0.4 is 0 Å². The summed E-state index contributed by atoms with van der Waals surface area (Å²) in [4.78, 5) is 13.6. The van der Waals surface area contributed by atoms with Crippen molar-refractivity contribution in [3.05, 3.63) is 48.0 Å². The summed E-state index contributed by atoms with van der Waals surface area (Å²) in [7, 11) is 0. The van der Waals surface area contributed by atoms with E-state index in [1.165, 1.54) is 11.1 Å². The molecule has 0 aliphatic carbocycles. The minimum absolute atomic E-state index is 0.00998. The van der Waals surface area contributed by atoms with E-state index in [2.05, 4.69) is 19.6 Å². The molecule has 0 saturated heterocycles. The fraction of sp³-hybridized carbons (Fsp3) is 0.400. The number of aliphatic hydroxyl groups is 1. The van der Waals surface area contributed by atoms with Crippen molar-refractivity contribution in [2.24, 2.45) is 0 Å². The fourth-order valence-electron chi connectivity index (χ4n) is 1.88. The first-order chi connectivity index (χ1) is 8.69. The minimum Gasteiger partial charge on any atom is -0.395 e. The molecule has 0 aromatic heterocycles. The van der Waals surface area contributed by atoms with Crippen LogP contribution in [0.2, 0.25) is 0 Å². The second-order valence-corrected chi connectivity index (χ2v) is 4.28. The predicted octanol–water partition coefficient (Wildman–Crippen LogP) is 1.93. The molecule has 0 saturated carbocycles. The van der Waals surface area contributed by atoms with Gasteiger partial charge < -0.3 is 10.0 Å². The number of rotatable bonds is 7. The molecule has 0 unspecified atom stereocenters. The normalized spacial score (nSPS) is 10.1. The summed E-state index contributed by atoms with van der Waals surface area (Å²) in [5, 5.41) is 8.91. The predicted molar refractivity (Wildman–Crippen MR) is 73.4 cm³/mol. The highest BCUT2D eigenvalue weighted by Crippen LogP contribution is 2.10. The SMILES string of the molecule is C=CCN(CCO)C(=O)CCc1ccccc1C. The van der Waals surface area contributed by atoms with Crippen molar-refractivity contribution in [1.82, 2.24) is 4.90 Å². The number of nitrogens with zero attached hydrogens (tertiary/aromatic N) is 1. The third-order valence-electron chi connectivity index (χ3n) is 2.94. The van der Waals surface area contributed by atoms with Crippen molar-refractivity contribution in [2.45, 2.75) is 19.8 Å². The summed E-state index contributed by atoms with van der Waals surface area (Å²) >= 11 is 0. The number of aryl methyl sites for hydroxylation is 2. The van der Waals surface area contributed by atoms with Crippen molar-refractivity contribution >= 4 is 5.91 Å². The van der Waals surface area contributed by atoms with Gasteiger partial charge in [-0.05, 0) is 24.5 Å². The van der Waals surface area contributed by atoms with E-state index in [1.807, 2.05) is 18.2 Å². The maximum Gasteiger partial charge on any atom is 0.223 e. The summed E-state index contributed by atoms with van der Waals surface area (Å²) in [5.41, 5.74) is 2.41. The number of aliphatic hydroxyl groups excluding tert-OH is 1. The van der Waals surface area contributed by atoms with Crippen molar-refractivity contribution < 1.29 is 9.90 Å². The van der Waals surface area contributed by atoms with E-state index >= 15 is 0 Å². The van der Waals surface area contributed by atoms with Crippen LogP contribution >= 0.6 is 0 Å². The van der Waals surface area contributed by atoms with Crippen LogP contribution in [0.25, 0.3) is 0 Å². The van der Waals surface area contributed by atoms with Crippen molar-refractivity contribution in [3.63, 3.8) is 0 Å². The third-order valence-corrected chi connectivity index (χ3v) is 2.94. The average molecular weight is 247 g/mol. The Hall–Kier alpha value is -1.61. The van der Waals surface area contributed by atoms with Gasteiger partial charge in [-0.3, -0.25) is 4.79 Å². The van der Waals surface area contributed by atoms with Gasteiger partial charge in [0.2, 0.25) is 5.91 Å². The maximum atomic E-state index is 12.0. The highest BCUT2D eigenvalue weighted by Gasteiger charge is 2.11. The Labute approximate surface area is 109 Å². The first-order valence-corrected chi connectivity index (χ1v) is 6.23. The number of carbonyl (C=O) groups is 1. The van der Waals surface area contributed by atoms with Gasteiger partial charge in [0.25, 0.3) is 0 Å². The van der Waals surface area contributed by atoms with Gasteiger partial charge >= 0.3 is 0 Å². The van der Waals surface area contributed by atoms with Crippen LogP contribution in [0, 0.1) is 6.92 Å². The van der Waals surface area contributed by atoms with Crippen molar-refractivity contribution in [1.29, 1.82) is 0 Å². The monoisotopic (exact) mass is 247 g/mol. The molecule has 0 atom stereocenters. The number of benzene rings is 1. The van der Waals surface area contributed by atoms with Crippen molar-refractivity contribution in [2.75, 3.05) is 19.7 Å². The highest BCUT2D eigenvalue weighted by molar-refractivity contribution is 5.76. The fourth-order valence-corrected chi connectivity index (χ4v) is 1.88. The number of carbonyl (C=O) groups excluding carboxylic acids is 1. The van der Waals surface area contributed by atoms with E-state index < -0.39 is 0 Å². The summed E-state index contributed by atoms with van der Waals surface area (Å²) < 4.78 is 0. The molecule has 0 aliphatic heterocycles. The van der Waals surface area contributed by atoms with Crippen LogP contribution in [0.3, 0.4) is 0 Å². The van der Waals surface area contributed by atoms with Crippen LogP contribution in [0.15, 0.2) is 36.9 Å². The minimum atomic E-state index is -0.00998. The summed E-state index contributed by atoms with van der Waals surface area (Å²) in [5.74, 6) is 0.0622. The summed E-state index contributed by atoms with van der Waals surface area (Å²) in [6.07, 6.45) is 2.89. The molecule has 1 rings (SSSR count). The molecule has 3 heteroatoms. The van der Waals surface area contributed by atoms with E-state index in [0.717, 1.165) is 6.42 Å². The van der Waals surface area contributed by atoms with Crippen LogP contribution in [0.4, 0.5) is 0 Å². The average Bonchev–Trinajstić information content (AvgIpc) is 2.37. The molecule has 0 radical (unpaired) electrons. The van der Waals surface area contributed by atoms with Gasteiger partial charge in [-0.25, -0.2) is 0 Å². The molecule has 3 nitrogen and oxygen atoms in total. The van der Waals surface area contributed by atoms with Crippen LogP contribution in [-0.4, -0.2) is 35.6 Å². The molecule has 0 bridgehead atoms. The Bertz CT molecular complexity index is 401. The topological polar surface area (TPSA) is 40.5 Å². The molecule has 0 heterocycles. The smallest absolute Gasteiger partial charge is 0.223 e. The number of amides is 1. The van der Waals surface area contributed by atoms with Crippen LogP contribution in [0.1, 0.15) is 17.5 Å². The lowest BCUT2D eigenvalue weighted by Crippen LogP contribution is -2.33. The second-order valence-electron chi connectivity index (χ2n) is 4.28. The van der Waals surface area contributed by atoms with E-state index in [4.69, 9.17) is 5.11 Å². The molecule has 1 aromatic rings. The highest BCUT2D eigenvalue weighted by atomic mass is 16.3. The Morgan fingerprint density at radius 1 is 1.44 bits per heavy atom. The Morgan fingerprint density at radius 2 is 2.17 bits per heavy atom. The van der Waals surface area contributed by atoms with E-state index in [-0.39, 0.29) is 12.5 Å². The van der Waals surface area contributed by atoms with E-state index in [9.17, 15) is 4.79 Å². The van der Waals surface area contributed by atoms with E-state index in [1.54, 1.807) is 11.0 Å². The molecular formula is C15H21NO2. The van der Waals surface area contributed by atoms with Gasteiger partial charge in [0, 0.05) is 19.5 Å².